The number of carbonyl (C=O) groups excluding carboxylic acids is 2. The van der Waals surface area contributed by atoms with E-state index in [-0.39, 0.29) is 17.7 Å². The van der Waals surface area contributed by atoms with Crippen molar-refractivity contribution in [2.45, 2.75) is 65.7 Å². The molecule has 0 saturated carbocycles. The van der Waals surface area contributed by atoms with Crippen molar-refractivity contribution >= 4 is 17.6 Å². The molecule has 0 atom stereocenters. The molecular weight excluding hydrogens is 356 g/mol. The molecule has 1 heterocycles. The highest BCUT2D eigenvalue weighted by atomic mass is 16.5. The van der Waals surface area contributed by atoms with Crippen LogP contribution in [-0.4, -0.2) is 23.5 Å². The Labute approximate surface area is 166 Å². The van der Waals surface area contributed by atoms with E-state index in [0.29, 0.717) is 35.9 Å². The molecule has 0 saturated heterocycles. The minimum absolute atomic E-state index is 0.178. The Balaban J connectivity index is 1.99. The molecule has 1 aromatic carbocycles. The highest BCUT2D eigenvalue weighted by Gasteiger charge is 2.22. The van der Waals surface area contributed by atoms with E-state index >= 15 is 0 Å². The fraction of sp³-hybridized carbons (Fsp3) is 0.500. The van der Waals surface area contributed by atoms with Gasteiger partial charge in [-0.1, -0.05) is 46.2 Å². The van der Waals surface area contributed by atoms with Gasteiger partial charge in [-0.15, -0.1) is 0 Å². The Morgan fingerprint density at radius 2 is 1.93 bits per heavy atom. The van der Waals surface area contributed by atoms with Crippen LogP contribution in [0.2, 0.25) is 0 Å². The highest BCUT2D eigenvalue weighted by molar-refractivity contribution is 6.01. The molecule has 0 radical (unpaired) electrons. The molecule has 6 heteroatoms. The fourth-order valence-electron chi connectivity index (χ4n) is 2.58. The van der Waals surface area contributed by atoms with E-state index in [1.807, 2.05) is 34.6 Å². The lowest BCUT2D eigenvalue weighted by Gasteiger charge is -2.12. The number of hydrogen-bond donors (Lipinski definition) is 1. The number of oxazole rings is 1. The van der Waals surface area contributed by atoms with Crippen molar-refractivity contribution in [3.8, 4) is 0 Å². The Bertz CT molecular complexity index is 818. The number of nitrogens with one attached hydrogen (secondary N) is 1. The molecule has 0 bridgehead atoms. The van der Waals surface area contributed by atoms with Gasteiger partial charge in [0.2, 0.25) is 5.91 Å². The molecule has 2 aromatic rings. The third-order valence-corrected chi connectivity index (χ3v) is 4.27. The van der Waals surface area contributed by atoms with Crippen LogP contribution in [0.3, 0.4) is 0 Å². The van der Waals surface area contributed by atoms with E-state index in [1.165, 1.54) is 0 Å². The number of aromatic nitrogens is 1. The van der Waals surface area contributed by atoms with Crippen LogP contribution in [0.1, 0.15) is 74.7 Å². The standard InChI is InChI=1S/C22H30N2O4/c1-6-7-14-27-20(26)16-10-8-9-11-17(16)24-19(25)13-12-18-15(2)23-21(28-18)22(3,4)5/h8-11H,6-7,12-14H2,1-5H3,(H,24,25). The number of anilines is 1. The van der Waals surface area contributed by atoms with Crippen LogP contribution in [0.4, 0.5) is 5.69 Å². The van der Waals surface area contributed by atoms with Gasteiger partial charge in [0.25, 0.3) is 0 Å². The fourth-order valence-corrected chi connectivity index (χ4v) is 2.58. The lowest BCUT2D eigenvalue weighted by molar-refractivity contribution is -0.116. The number of benzene rings is 1. The number of nitrogens with zero attached hydrogens (tertiary/aromatic N) is 1. The average Bonchev–Trinajstić information content (AvgIpc) is 3.02. The van der Waals surface area contributed by atoms with Crippen LogP contribution in [0, 0.1) is 6.92 Å². The Kier molecular flexibility index (Phi) is 7.38. The molecule has 0 spiro atoms. The summed E-state index contributed by atoms with van der Waals surface area (Å²) in [6.45, 7) is 10.4. The molecule has 0 unspecified atom stereocenters. The minimum atomic E-state index is -0.426. The summed E-state index contributed by atoms with van der Waals surface area (Å²) < 4.78 is 11.1. The molecule has 1 aromatic heterocycles. The minimum Gasteiger partial charge on any atom is -0.462 e. The number of para-hydroxylation sites is 1. The number of carbonyl (C=O) groups is 2. The first-order valence-electron chi connectivity index (χ1n) is 9.75. The lowest BCUT2D eigenvalue weighted by atomic mass is 9.97. The summed E-state index contributed by atoms with van der Waals surface area (Å²) in [4.78, 5) is 29.1. The molecule has 1 amide bonds. The van der Waals surface area contributed by atoms with Crippen molar-refractivity contribution in [1.82, 2.24) is 4.98 Å². The maximum atomic E-state index is 12.4. The van der Waals surface area contributed by atoms with Crippen molar-refractivity contribution in [2.24, 2.45) is 0 Å². The SMILES string of the molecule is CCCCOC(=O)c1ccccc1NC(=O)CCc1oc(C(C)(C)C)nc1C. The number of aryl methyl sites for hydroxylation is 2. The highest BCUT2D eigenvalue weighted by Crippen LogP contribution is 2.24. The lowest BCUT2D eigenvalue weighted by Crippen LogP contribution is -2.16. The van der Waals surface area contributed by atoms with E-state index in [2.05, 4.69) is 10.3 Å². The van der Waals surface area contributed by atoms with Crippen LogP contribution in [0.25, 0.3) is 0 Å². The van der Waals surface area contributed by atoms with E-state index in [4.69, 9.17) is 9.15 Å². The van der Waals surface area contributed by atoms with E-state index in [0.717, 1.165) is 18.5 Å². The van der Waals surface area contributed by atoms with Crippen LogP contribution >= 0.6 is 0 Å². The summed E-state index contributed by atoms with van der Waals surface area (Å²) in [5.41, 5.74) is 1.44. The van der Waals surface area contributed by atoms with Gasteiger partial charge in [0.15, 0.2) is 5.89 Å². The van der Waals surface area contributed by atoms with Crippen LogP contribution in [0.15, 0.2) is 28.7 Å². The monoisotopic (exact) mass is 386 g/mol. The molecule has 152 valence electrons. The van der Waals surface area contributed by atoms with Crippen LogP contribution in [-0.2, 0) is 21.4 Å². The zero-order valence-corrected chi connectivity index (χ0v) is 17.4. The zero-order chi connectivity index (χ0) is 20.7. The van der Waals surface area contributed by atoms with Gasteiger partial charge in [-0.3, -0.25) is 4.79 Å². The van der Waals surface area contributed by atoms with Crippen molar-refractivity contribution in [1.29, 1.82) is 0 Å². The molecule has 2 rings (SSSR count). The second kappa shape index (κ2) is 9.53. The first kappa shape index (κ1) is 21.7. The van der Waals surface area contributed by atoms with E-state index in [1.54, 1.807) is 24.3 Å². The number of hydrogen-bond acceptors (Lipinski definition) is 5. The maximum Gasteiger partial charge on any atom is 0.340 e. The third kappa shape index (κ3) is 5.94. The average molecular weight is 386 g/mol. The first-order chi connectivity index (χ1) is 13.2. The summed E-state index contributed by atoms with van der Waals surface area (Å²) in [6, 6.07) is 6.87. The normalized spacial score (nSPS) is 11.3. The Morgan fingerprint density at radius 1 is 1.21 bits per heavy atom. The van der Waals surface area contributed by atoms with Gasteiger partial charge < -0.3 is 14.5 Å². The number of ether oxygens (including phenoxy) is 1. The molecule has 1 N–H and O–H groups in total. The quantitative estimate of drug-likeness (QED) is 0.520. The van der Waals surface area contributed by atoms with Gasteiger partial charge in [0.1, 0.15) is 5.76 Å². The first-order valence-corrected chi connectivity index (χ1v) is 9.75. The number of unbranched alkanes of at least 4 members (excludes halogenated alkanes) is 1. The summed E-state index contributed by atoms with van der Waals surface area (Å²) in [5.74, 6) is 0.764. The topological polar surface area (TPSA) is 81.4 Å². The van der Waals surface area contributed by atoms with Gasteiger partial charge in [-0.05, 0) is 25.5 Å². The van der Waals surface area contributed by atoms with Gasteiger partial charge in [-0.25, -0.2) is 9.78 Å². The van der Waals surface area contributed by atoms with E-state index < -0.39 is 5.97 Å². The van der Waals surface area contributed by atoms with Crippen molar-refractivity contribution in [3.05, 3.63) is 47.2 Å². The second-order valence-corrected chi connectivity index (χ2v) is 7.86. The largest absolute Gasteiger partial charge is 0.462 e. The van der Waals surface area contributed by atoms with Crippen molar-refractivity contribution in [3.63, 3.8) is 0 Å². The van der Waals surface area contributed by atoms with Crippen LogP contribution in [0.5, 0.6) is 0 Å². The molecule has 0 aliphatic rings. The van der Waals surface area contributed by atoms with Gasteiger partial charge in [0, 0.05) is 18.3 Å². The molecule has 0 aliphatic carbocycles. The molecular formula is C22H30N2O4. The Morgan fingerprint density at radius 3 is 2.57 bits per heavy atom. The van der Waals surface area contributed by atoms with E-state index in [9.17, 15) is 9.59 Å². The summed E-state index contributed by atoms with van der Waals surface area (Å²) in [6.07, 6.45) is 2.44. The summed E-state index contributed by atoms with van der Waals surface area (Å²) >= 11 is 0. The molecule has 0 aliphatic heterocycles. The van der Waals surface area contributed by atoms with Gasteiger partial charge >= 0.3 is 5.97 Å². The molecule has 0 fully saturated rings. The Hall–Kier alpha value is -2.63. The zero-order valence-electron chi connectivity index (χ0n) is 17.4. The van der Waals surface area contributed by atoms with Gasteiger partial charge in [0.05, 0.1) is 23.6 Å². The van der Waals surface area contributed by atoms with Crippen molar-refractivity contribution < 1.29 is 18.7 Å². The van der Waals surface area contributed by atoms with Gasteiger partial charge in [-0.2, -0.15) is 0 Å². The second-order valence-electron chi connectivity index (χ2n) is 7.86. The predicted molar refractivity (Wildman–Crippen MR) is 109 cm³/mol. The summed E-state index contributed by atoms with van der Waals surface area (Å²) in [7, 11) is 0. The number of rotatable bonds is 8. The molecule has 6 nitrogen and oxygen atoms in total. The number of amides is 1. The number of esters is 1. The molecule has 28 heavy (non-hydrogen) atoms. The van der Waals surface area contributed by atoms with Crippen LogP contribution < -0.4 is 5.32 Å². The maximum absolute atomic E-state index is 12.4. The third-order valence-electron chi connectivity index (χ3n) is 4.27. The predicted octanol–water partition coefficient (Wildman–Crippen LogP) is 4.81. The summed E-state index contributed by atoms with van der Waals surface area (Å²) in [5, 5.41) is 2.81. The smallest absolute Gasteiger partial charge is 0.340 e. The van der Waals surface area contributed by atoms with Crippen molar-refractivity contribution in [2.75, 3.05) is 11.9 Å².